The predicted octanol–water partition coefficient (Wildman–Crippen LogP) is 4.10. The first kappa shape index (κ1) is 13.9. The zero-order valence-corrected chi connectivity index (χ0v) is 12.5. The maximum Gasteiger partial charge on any atom is 0.155 e. The minimum atomic E-state index is -0.0927. The number of thioether (sulfide) groups is 2. The van der Waals surface area contributed by atoms with Crippen molar-refractivity contribution in [2.75, 3.05) is 16.8 Å². The fraction of sp³-hybridized carbons (Fsp3) is 0.909. The van der Waals surface area contributed by atoms with E-state index in [2.05, 4.69) is 15.9 Å². The predicted molar refractivity (Wildman–Crippen MR) is 75.2 cm³/mol. The van der Waals surface area contributed by atoms with Gasteiger partial charge >= 0.3 is 0 Å². The molecule has 0 radical (unpaired) electrons. The Hall–Kier alpha value is 0.850. The first-order valence-electron chi connectivity index (χ1n) is 5.56. The lowest BCUT2D eigenvalue weighted by Crippen LogP contribution is -2.33. The van der Waals surface area contributed by atoms with Crippen molar-refractivity contribution in [1.82, 2.24) is 0 Å². The van der Waals surface area contributed by atoms with Gasteiger partial charge in [0.25, 0.3) is 0 Å². The van der Waals surface area contributed by atoms with Crippen molar-refractivity contribution in [1.29, 1.82) is 0 Å². The van der Waals surface area contributed by atoms with Crippen molar-refractivity contribution in [2.24, 2.45) is 0 Å². The van der Waals surface area contributed by atoms with Crippen molar-refractivity contribution in [3.8, 4) is 0 Å². The molecule has 15 heavy (non-hydrogen) atoms. The van der Waals surface area contributed by atoms with E-state index in [0.717, 1.165) is 23.3 Å². The van der Waals surface area contributed by atoms with Crippen LogP contribution in [0.2, 0.25) is 0 Å². The van der Waals surface area contributed by atoms with Crippen LogP contribution in [0.5, 0.6) is 0 Å². The molecule has 0 atom stereocenters. The number of ketones is 1. The minimum absolute atomic E-state index is 0.0927. The molecule has 88 valence electrons. The topological polar surface area (TPSA) is 17.1 Å². The van der Waals surface area contributed by atoms with Crippen molar-refractivity contribution in [3.05, 3.63) is 0 Å². The van der Waals surface area contributed by atoms with Crippen LogP contribution < -0.4 is 0 Å². The van der Waals surface area contributed by atoms with E-state index >= 15 is 0 Å². The monoisotopic (exact) mass is 310 g/mol. The average Bonchev–Trinajstić information content (AvgIpc) is 2.26. The Morgan fingerprint density at radius 2 is 1.93 bits per heavy atom. The van der Waals surface area contributed by atoms with Gasteiger partial charge in [0.1, 0.15) is 4.08 Å². The fourth-order valence-corrected chi connectivity index (χ4v) is 5.36. The number of halogens is 1. The lowest BCUT2D eigenvalue weighted by atomic mass is 10.1. The van der Waals surface area contributed by atoms with E-state index in [0.29, 0.717) is 5.78 Å². The number of Topliss-reactive ketones (excluding diaryl/α,β-unsaturated/α-hetero) is 1. The van der Waals surface area contributed by atoms with Crippen LogP contribution in [0.3, 0.4) is 0 Å². The van der Waals surface area contributed by atoms with Gasteiger partial charge in [0.05, 0.1) is 0 Å². The molecule has 0 saturated carbocycles. The highest BCUT2D eigenvalue weighted by atomic mass is 79.9. The molecule has 1 aliphatic heterocycles. The second-order valence-electron chi connectivity index (χ2n) is 3.86. The van der Waals surface area contributed by atoms with Gasteiger partial charge in [0, 0.05) is 5.33 Å². The summed E-state index contributed by atoms with van der Waals surface area (Å²) in [5.74, 6) is 2.69. The Kier molecular flexibility index (Phi) is 6.71. The van der Waals surface area contributed by atoms with Gasteiger partial charge in [-0.2, -0.15) is 0 Å². The summed E-state index contributed by atoms with van der Waals surface area (Å²) in [5, 5.41) is 1.08. The quantitative estimate of drug-likeness (QED) is 0.543. The largest absolute Gasteiger partial charge is 0.297 e. The lowest BCUT2D eigenvalue weighted by Gasteiger charge is -2.33. The Balaban J connectivity index is 2.39. The molecule has 0 bridgehead atoms. The van der Waals surface area contributed by atoms with Gasteiger partial charge in [-0.1, -0.05) is 28.8 Å². The van der Waals surface area contributed by atoms with Gasteiger partial charge in [-0.25, -0.2) is 0 Å². The number of unbranched alkanes of at least 4 members (excludes halogenated alkanes) is 2. The van der Waals surface area contributed by atoms with Crippen LogP contribution in [0, 0.1) is 0 Å². The molecule has 0 aromatic carbocycles. The molecule has 0 aliphatic carbocycles. The van der Waals surface area contributed by atoms with Crippen LogP contribution in [0.15, 0.2) is 0 Å². The summed E-state index contributed by atoms with van der Waals surface area (Å²) in [4.78, 5) is 11.7. The van der Waals surface area contributed by atoms with Gasteiger partial charge in [0.15, 0.2) is 5.78 Å². The molecule has 0 spiro atoms. The first-order chi connectivity index (χ1) is 7.21. The van der Waals surface area contributed by atoms with Crippen LogP contribution in [0.25, 0.3) is 0 Å². The molecule has 0 unspecified atom stereocenters. The van der Waals surface area contributed by atoms with Crippen LogP contribution >= 0.6 is 39.5 Å². The molecule has 0 N–H and O–H groups in total. The second kappa shape index (κ2) is 7.23. The van der Waals surface area contributed by atoms with E-state index in [1.165, 1.54) is 25.7 Å². The Morgan fingerprint density at radius 1 is 1.27 bits per heavy atom. The smallest absolute Gasteiger partial charge is 0.155 e. The van der Waals surface area contributed by atoms with Gasteiger partial charge in [-0.05, 0) is 37.7 Å². The van der Waals surface area contributed by atoms with Crippen LogP contribution in [-0.2, 0) is 4.79 Å². The van der Waals surface area contributed by atoms with Gasteiger partial charge in [0.2, 0.25) is 0 Å². The maximum absolute atomic E-state index is 11.7. The average molecular weight is 311 g/mol. The summed E-state index contributed by atoms with van der Waals surface area (Å²) in [6.45, 7) is 1.76. The fourth-order valence-electron chi connectivity index (χ4n) is 1.73. The van der Waals surface area contributed by atoms with Gasteiger partial charge in [-0.15, -0.1) is 23.5 Å². The highest BCUT2D eigenvalue weighted by Gasteiger charge is 2.37. The number of carbonyl (C=O) groups excluding carboxylic acids is 1. The zero-order chi connectivity index (χ0) is 11.1. The third-order valence-corrected chi connectivity index (χ3v) is 6.80. The summed E-state index contributed by atoms with van der Waals surface area (Å²) in [7, 11) is 0. The number of alkyl halides is 1. The van der Waals surface area contributed by atoms with Crippen molar-refractivity contribution < 1.29 is 4.79 Å². The third kappa shape index (κ3) is 4.31. The SMILES string of the molecule is CC(=O)C1(CCCCCBr)SCCCS1. The number of hydrogen-bond donors (Lipinski definition) is 0. The number of rotatable bonds is 6. The maximum atomic E-state index is 11.7. The van der Waals surface area contributed by atoms with E-state index in [-0.39, 0.29) is 4.08 Å². The van der Waals surface area contributed by atoms with E-state index in [1.807, 2.05) is 23.5 Å². The molecular formula is C11H19BrOS2. The van der Waals surface area contributed by atoms with E-state index < -0.39 is 0 Å². The molecular weight excluding hydrogens is 292 g/mol. The molecule has 1 heterocycles. The second-order valence-corrected chi connectivity index (χ2v) is 7.70. The summed E-state index contributed by atoms with van der Waals surface area (Å²) in [6, 6.07) is 0. The molecule has 1 fully saturated rings. The van der Waals surface area contributed by atoms with Crippen LogP contribution in [0.4, 0.5) is 0 Å². The Bertz CT molecular complexity index is 203. The minimum Gasteiger partial charge on any atom is -0.297 e. The molecule has 1 aliphatic rings. The van der Waals surface area contributed by atoms with Gasteiger partial charge in [-0.3, -0.25) is 4.79 Å². The molecule has 4 heteroatoms. The third-order valence-electron chi connectivity index (χ3n) is 2.64. The van der Waals surface area contributed by atoms with E-state index in [4.69, 9.17) is 0 Å². The van der Waals surface area contributed by atoms with Crippen molar-refractivity contribution in [2.45, 2.75) is 43.1 Å². The summed E-state index contributed by atoms with van der Waals surface area (Å²) in [6.07, 6.45) is 5.96. The normalized spacial score (nSPS) is 20.1. The van der Waals surface area contributed by atoms with Crippen LogP contribution in [-0.4, -0.2) is 26.7 Å². The molecule has 1 nitrogen and oxygen atoms in total. The van der Waals surface area contributed by atoms with E-state index in [1.54, 1.807) is 6.92 Å². The van der Waals surface area contributed by atoms with Crippen molar-refractivity contribution >= 4 is 45.2 Å². The molecule has 0 aromatic heterocycles. The number of carbonyl (C=O) groups is 1. The Labute approximate surface area is 110 Å². The zero-order valence-electron chi connectivity index (χ0n) is 9.26. The van der Waals surface area contributed by atoms with Crippen LogP contribution in [0.1, 0.15) is 39.0 Å². The Morgan fingerprint density at radius 3 is 2.47 bits per heavy atom. The van der Waals surface area contributed by atoms with Gasteiger partial charge < -0.3 is 0 Å². The summed E-state index contributed by atoms with van der Waals surface area (Å²) in [5.41, 5.74) is 0. The highest BCUT2D eigenvalue weighted by Crippen LogP contribution is 2.46. The molecule has 0 amide bonds. The molecule has 1 saturated heterocycles. The highest BCUT2D eigenvalue weighted by molar-refractivity contribution is 9.09. The molecule has 1 rings (SSSR count). The van der Waals surface area contributed by atoms with Crippen molar-refractivity contribution in [3.63, 3.8) is 0 Å². The standard InChI is InChI=1S/C11H19BrOS2/c1-10(13)11(6-3-2-4-7-12)14-8-5-9-15-11/h2-9H2,1H3. The first-order valence-corrected chi connectivity index (χ1v) is 8.65. The number of hydrogen-bond acceptors (Lipinski definition) is 3. The lowest BCUT2D eigenvalue weighted by molar-refractivity contribution is -0.117. The molecule has 0 aromatic rings. The van der Waals surface area contributed by atoms with E-state index in [9.17, 15) is 4.79 Å². The summed E-state index contributed by atoms with van der Waals surface area (Å²) < 4.78 is -0.0927. The summed E-state index contributed by atoms with van der Waals surface area (Å²) >= 11 is 7.20.